The van der Waals surface area contributed by atoms with E-state index in [1.54, 1.807) is 5.92 Å². The molecule has 0 radical (unpaired) electrons. The van der Waals surface area contributed by atoms with Crippen LogP contribution in [0.2, 0.25) is 0 Å². The van der Waals surface area contributed by atoms with Crippen LogP contribution in [-0.4, -0.2) is 27.8 Å². The number of aliphatic carboxylic acids is 1. The Labute approximate surface area is 64.3 Å². The standard InChI is InChI=1S/C7H9NO3/c1-3-5(9)7(8,4-2)6(10)11/h2-3,5,9H,1,8H2,(H,10,11). The molecule has 4 heteroatoms. The Balaban J connectivity index is 4.77. The Bertz CT molecular complexity index is 218. The van der Waals surface area contributed by atoms with Crippen molar-refractivity contribution in [3.8, 4) is 12.3 Å². The fraction of sp³-hybridized carbons (Fsp3) is 0.286. The highest BCUT2D eigenvalue weighted by atomic mass is 16.4. The fourth-order valence-corrected chi connectivity index (χ4v) is 0.460. The van der Waals surface area contributed by atoms with Crippen LogP contribution in [0.5, 0.6) is 0 Å². The topological polar surface area (TPSA) is 83.6 Å². The SMILES string of the molecule is C#CC(N)(C(=O)O)C(O)C=C. The molecule has 0 aromatic carbocycles. The predicted octanol–water partition coefficient (Wildman–Crippen LogP) is -1.05. The zero-order valence-electron chi connectivity index (χ0n) is 5.82. The first-order valence-electron chi connectivity index (χ1n) is 2.79. The lowest BCUT2D eigenvalue weighted by atomic mass is 9.95. The summed E-state index contributed by atoms with van der Waals surface area (Å²) >= 11 is 0. The molecule has 11 heavy (non-hydrogen) atoms. The molecule has 0 rings (SSSR count). The van der Waals surface area contributed by atoms with Crippen molar-refractivity contribution in [2.75, 3.05) is 0 Å². The van der Waals surface area contributed by atoms with Gasteiger partial charge in [0.2, 0.25) is 5.54 Å². The lowest BCUT2D eigenvalue weighted by Crippen LogP contribution is -2.55. The van der Waals surface area contributed by atoms with Crippen molar-refractivity contribution in [2.45, 2.75) is 11.6 Å². The second-order valence-corrected chi connectivity index (χ2v) is 2.00. The molecule has 0 aromatic rings. The van der Waals surface area contributed by atoms with Gasteiger partial charge in [-0.25, -0.2) is 4.79 Å². The van der Waals surface area contributed by atoms with Crippen molar-refractivity contribution in [3.63, 3.8) is 0 Å². The number of nitrogens with two attached hydrogens (primary N) is 1. The van der Waals surface area contributed by atoms with Gasteiger partial charge in [0, 0.05) is 0 Å². The van der Waals surface area contributed by atoms with Gasteiger partial charge in [-0.2, -0.15) is 0 Å². The number of rotatable bonds is 3. The number of terminal acetylenes is 1. The van der Waals surface area contributed by atoms with Crippen LogP contribution in [-0.2, 0) is 4.79 Å². The van der Waals surface area contributed by atoms with E-state index < -0.39 is 17.6 Å². The molecule has 0 aliphatic rings. The monoisotopic (exact) mass is 155 g/mol. The maximum absolute atomic E-state index is 10.4. The maximum atomic E-state index is 10.4. The minimum absolute atomic E-state index is 0.980. The molecule has 4 N–H and O–H groups in total. The van der Waals surface area contributed by atoms with E-state index in [-0.39, 0.29) is 0 Å². The first-order chi connectivity index (χ1) is 4.99. The maximum Gasteiger partial charge on any atom is 0.339 e. The van der Waals surface area contributed by atoms with E-state index >= 15 is 0 Å². The van der Waals surface area contributed by atoms with Crippen LogP contribution < -0.4 is 5.73 Å². The zero-order valence-corrected chi connectivity index (χ0v) is 5.82. The number of hydrogen-bond donors (Lipinski definition) is 3. The molecular formula is C7H9NO3. The molecule has 0 heterocycles. The minimum Gasteiger partial charge on any atom is -0.479 e. The van der Waals surface area contributed by atoms with Crippen molar-refractivity contribution < 1.29 is 15.0 Å². The summed E-state index contributed by atoms with van der Waals surface area (Å²) in [4.78, 5) is 10.4. The Morgan fingerprint density at radius 2 is 2.36 bits per heavy atom. The summed E-state index contributed by atoms with van der Waals surface area (Å²) in [5, 5.41) is 17.4. The number of hydrogen-bond acceptors (Lipinski definition) is 3. The van der Waals surface area contributed by atoms with Crippen molar-refractivity contribution >= 4 is 5.97 Å². The van der Waals surface area contributed by atoms with E-state index in [1.165, 1.54) is 0 Å². The lowest BCUT2D eigenvalue weighted by molar-refractivity contribution is -0.143. The summed E-state index contributed by atoms with van der Waals surface area (Å²) < 4.78 is 0. The fourth-order valence-electron chi connectivity index (χ4n) is 0.460. The van der Waals surface area contributed by atoms with Gasteiger partial charge in [-0.15, -0.1) is 13.0 Å². The van der Waals surface area contributed by atoms with Crippen LogP contribution >= 0.6 is 0 Å². The Morgan fingerprint density at radius 3 is 2.45 bits per heavy atom. The smallest absolute Gasteiger partial charge is 0.339 e. The van der Waals surface area contributed by atoms with Gasteiger partial charge in [-0.1, -0.05) is 12.0 Å². The van der Waals surface area contributed by atoms with Gasteiger partial charge in [-0.3, -0.25) is 0 Å². The van der Waals surface area contributed by atoms with Crippen molar-refractivity contribution in [3.05, 3.63) is 12.7 Å². The third-order valence-corrected chi connectivity index (χ3v) is 1.28. The number of carboxylic acids is 1. The predicted molar refractivity (Wildman–Crippen MR) is 39.6 cm³/mol. The van der Waals surface area contributed by atoms with Crippen LogP contribution in [0, 0.1) is 12.3 Å². The van der Waals surface area contributed by atoms with E-state index in [4.69, 9.17) is 22.4 Å². The molecule has 0 amide bonds. The molecule has 0 saturated heterocycles. The van der Waals surface area contributed by atoms with Crippen molar-refractivity contribution in [1.82, 2.24) is 0 Å². The minimum atomic E-state index is -2.07. The van der Waals surface area contributed by atoms with Crippen LogP contribution in [0.15, 0.2) is 12.7 Å². The molecule has 0 aliphatic carbocycles. The van der Waals surface area contributed by atoms with E-state index in [1.807, 2.05) is 0 Å². The van der Waals surface area contributed by atoms with Gasteiger partial charge in [0.15, 0.2) is 0 Å². The second-order valence-electron chi connectivity index (χ2n) is 2.00. The van der Waals surface area contributed by atoms with Gasteiger partial charge in [0.05, 0.1) is 0 Å². The highest BCUT2D eigenvalue weighted by Crippen LogP contribution is 2.06. The lowest BCUT2D eigenvalue weighted by Gasteiger charge is -2.21. The Morgan fingerprint density at radius 1 is 1.91 bits per heavy atom. The number of carboxylic acid groups (broad SMARTS) is 1. The highest BCUT2D eigenvalue weighted by molar-refractivity contribution is 5.84. The number of carbonyl (C=O) groups is 1. The molecule has 0 saturated carbocycles. The quantitative estimate of drug-likeness (QED) is 0.358. The Hall–Kier alpha value is -1.31. The highest BCUT2D eigenvalue weighted by Gasteiger charge is 2.38. The molecule has 0 spiro atoms. The van der Waals surface area contributed by atoms with E-state index in [0.29, 0.717) is 0 Å². The zero-order chi connectivity index (χ0) is 9.07. The Kier molecular flexibility index (Phi) is 2.81. The molecule has 4 nitrogen and oxygen atoms in total. The molecule has 0 fully saturated rings. The van der Waals surface area contributed by atoms with E-state index in [2.05, 4.69) is 6.58 Å². The molecule has 0 aliphatic heterocycles. The molecule has 60 valence electrons. The third-order valence-electron chi connectivity index (χ3n) is 1.28. The van der Waals surface area contributed by atoms with E-state index in [0.717, 1.165) is 6.08 Å². The van der Waals surface area contributed by atoms with Gasteiger partial charge < -0.3 is 15.9 Å². The summed E-state index contributed by atoms with van der Waals surface area (Å²) in [6.45, 7) is 3.17. The van der Waals surface area contributed by atoms with Crippen LogP contribution in [0.1, 0.15) is 0 Å². The normalized spacial score (nSPS) is 17.5. The van der Waals surface area contributed by atoms with Gasteiger partial charge in [0.25, 0.3) is 0 Å². The molecule has 2 atom stereocenters. The van der Waals surface area contributed by atoms with Gasteiger partial charge in [0.1, 0.15) is 6.10 Å². The van der Waals surface area contributed by atoms with Crippen LogP contribution in [0.25, 0.3) is 0 Å². The van der Waals surface area contributed by atoms with Crippen LogP contribution in [0.4, 0.5) is 0 Å². The van der Waals surface area contributed by atoms with Gasteiger partial charge >= 0.3 is 5.97 Å². The molecular weight excluding hydrogens is 146 g/mol. The molecule has 0 aromatic heterocycles. The molecule has 0 bridgehead atoms. The molecule has 2 unspecified atom stereocenters. The number of aliphatic hydroxyl groups is 1. The van der Waals surface area contributed by atoms with Crippen molar-refractivity contribution in [1.29, 1.82) is 0 Å². The summed E-state index contributed by atoms with van der Waals surface area (Å²) in [5.41, 5.74) is 3.07. The number of aliphatic hydroxyl groups excluding tert-OH is 1. The average Bonchev–Trinajstić information content (AvgIpc) is 2.01. The average molecular weight is 155 g/mol. The van der Waals surface area contributed by atoms with Gasteiger partial charge in [-0.05, 0) is 0 Å². The second kappa shape index (κ2) is 3.19. The third kappa shape index (κ3) is 1.58. The summed E-state index contributed by atoms with van der Waals surface area (Å²) in [7, 11) is 0. The van der Waals surface area contributed by atoms with E-state index in [9.17, 15) is 4.79 Å². The largest absolute Gasteiger partial charge is 0.479 e. The first-order valence-corrected chi connectivity index (χ1v) is 2.79. The summed E-state index contributed by atoms with van der Waals surface area (Å²) in [5.74, 6) is 0.334. The van der Waals surface area contributed by atoms with Crippen LogP contribution in [0.3, 0.4) is 0 Å². The first kappa shape index (κ1) is 9.69. The summed E-state index contributed by atoms with van der Waals surface area (Å²) in [6, 6.07) is 0. The summed E-state index contributed by atoms with van der Waals surface area (Å²) in [6.07, 6.45) is 4.36. The van der Waals surface area contributed by atoms with Crippen molar-refractivity contribution in [2.24, 2.45) is 5.73 Å².